The number of hydrogen-bond acceptors (Lipinski definition) is 1. The molecule has 1 aromatic carbocycles. The van der Waals surface area contributed by atoms with Gasteiger partial charge in [-0.05, 0) is 17.5 Å². The Kier molecular flexibility index (Phi) is 0.878. The minimum absolute atomic E-state index is 0.0626. The molecule has 1 unspecified atom stereocenters. The van der Waals surface area contributed by atoms with E-state index in [4.69, 9.17) is 0 Å². The third kappa shape index (κ3) is 0.520. The summed E-state index contributed by atoms with van der Waals surface area (Å²) in [5.74, 6) is 0.937. The highest BCUT2D eigenvalue weighted by Gasteiger charge is 2.49. The number of aliphatic hydroxyl groups is 1. The number of rotatable bonds is 0. The Morgan fingerprint density at radius 2 is 1.64 bits per heavy atom. The van der Waals surface area contributed by atoms with Gasteiger partial charge in [0.05, 0.1) is 6.10 Å². The molecule has 2 bridgehead atoms. The first-order valence-corrected chi connectivity index (χ1v) is 4.15. The van der Waals surface area contributed by atoms with E-state index in [0.29, 0.717) is 11.8 Å². The summed E-state index contributed by atoms with van der Waals surface area (Å²) in [7, 11) is 0. The molecule has 0 saturated heterocycles. The van der Waals surface area contributed by atoms with Gasteiger partial charge in [-0.25, -0.2) is 0 Å². The van der Waals surface area contributed by atoms with Crippen LogP contribution in [0.3, 0.4) is 0 Å². The molecule has 3 aliphatic carbocycles. The van der Waals surface area contributed by atoms with Crippen LogP contribution in [0.5, 0.6) is 0 Å². The molecule has 0 heterocycles. The molecule has 3 atom stereocenters. The zero-order chi connectivity index (χ0) is 7.42. The van der Waals surface area contributed by atoms with Crippen LogP contribution in [0, 0.1) is 0 Å². The average molecular weight is 146 g/mol. The molecule has 11 heavy (non-hydrogen) atoms. The maximum absolute atomic E-state index is 9.57. The SMILES string of the molecule is OC1[C@@H]2C[C@H]1c1ccccc12. The van der Waals surface area contributed by atoms with Crippen LogP contribution in [0.15, 0.2) is 24.3 Å². The maximum Gasteiger partial charge on any atom is 0.0677 e. The summed E-state index contributed by atoms with van der Waals surface area (Å²) in [6, 6.07) is 8.42. The first-order valence-electron chi connectivity index (χ1n) is 4.15. The van der Waals surface area contributed by atoms with Crippen LogP contribution in [0.25, 0.3) is 0 Å². The van der Waals surface area contributed by atoms with Crippen molar-refractivity contribution < 1.29 is 5.11 Å². The molecule has 0 radical (unpaired) electrons. The first-order chi connectivity index (χ1) is 5.38. The Labute approximate surface area is 65.7 Å². The molecule has 1 heteroatoms. The highest BCUT2D eigenvalue weighted by Crippen LogP contribution is 2.57. The van der Waals surface area contributed by atoms with Crippen molar-refractivity contribution in [2.24, 2.45) is 0 Å². The van der Waals surface area contributed by atoms with E-state index in [1.165, 1.54) is 17.5 Å². The van der Waals surface area contributed by atoms with Crippen molar-refractivity contribution in [2.75, 3.05) is 0 Å². The summed E-state index contributed by atoms with van der Waals surface area (Å²) in [5.41, 5.74) is 2.79. The second kappa shape index (κ2) is 1.67. The molecule has 56 valence electrons. The van der Waals surface area contributed by atoms with Crippen molar-refractivity contribution in [1.29, 1.82) is 0 Å². The van der Waals surface area contributed by atoms with Gasteiger partial charge in [0.15, 0.2) is 0 Å². The van der Waals surface area contributed by atoms with E-state index in [-0.39, 0.29) is 6.10 Å². The largest absolute Gasteiger partial charge is 0.392 e. The molecule has 1 N–H and O–H groups in total. The molecule has 4 rings (SSSR count). The second-order valence-electron chi connectivity index (χ2n) is 3.57. The normalized spacial score (nSPS) is 38.1. The van der Waals surface area contributed by atoms with Gasteiger partial charge in [0, 0.05) is 11.8 Å². The van der Waals surface area contributed by atoms with Crippen LogP contribution in [-0.2, 0) is 0 Å². The summed E-state index contributed by atoms with van der Waals surface area (Å²) in [5, 5.41) is 9.57. The van der Waals surface area contributed by atoms with E-state index in [1.54, 1.807) is 0 Å². The molecular formula is C10H10O. The van der Waals surface area contributed by atoms with E-state index >= 15 is 0 Å². The molecule has 0 spiro atoms. The Bertz CT molecular complexity index is 276. The second-order valence-corrected chi connectivity index (χ2v) is 3.57. The number of aliphatic hydroxyl groups excluding tert-OH is 1. The van der Waals surface area contributed by atoms with E-state index in [1.807, 2.05) is 0 Å². The van der Waals surface area contributed by atoms with Crippen LogP contribution in [0.1, 0.15) is 29.4 Å². The van der Waals surface area contributed by atoms with Crippen molar-refractivity contribution in [3.63, 3.8) is 0 Å². The zero-order valence-corrected chi connectivity index (χ0v) is 6.20. The molecule has 0 aliphatic heterocycles. The smallest absolute Gasteiger partial charge is 0.0677 e. The lowest BCUT2D eigenvalue weighted by molar-refractivity contribution is 0.0582. The molecule has 1 nitrogen and oxygen atoms in total. The minimum atomic E-state index is -0.0626. The van der Waals surface area contributed by atoms with Gasteiger partial charge < -0.3 is 5.11 Å². The minimum Gasteiger partial charge on any atom is -0.392 e. The predicted molar refractivity (Wildman–Crippen MR) is 42.5 cm³/mol. The summed E-state index contributed by atoms with van der Waals surface area (Å²) >= 11 is 0. The summed E-state index contributed by atoms with van der Waals surface area (Å²) in [6.07, 6.45) is 1.12. The van der Waals surface area contributed by atoms with Crippen LogP contribution in [0.4, 0.5) is 0 Å². The fourth-order valence-electron chi connectivity index (χ4n) is 2.45. The lowest BCUT2D eigenvalue weighted by atomic mass is 9.78. The zero-order valence-electron chi connectivity index (χ0n) is 6.20. The predicted octanol–water partition coefficient (Wildman–Crippen LogP) is 1.63. The van der Waals surface area contributed by atoms with E-state index < -0.39 is 0 Å². The van der Waals surface area contributed by atoms with Crippen LogP contribution < -0.4 is 0 Å². The summed E-state index contributed by atoms with van der Waals surface area (Å²) in [6.45, 7) is 0. The molecular weight excluding hydrogens is 136 g/mol. The lowest BCUT2D eigenvalue weighted by Gasteiger charge is -2.31. The van der Waals surface area contributed by atoms with E-state index in [9.17, 15) is 5.11 Å². The quantitative estimate of drug-likeness (QED) is 0.589. The van der Waals surface area contributed by atoms with Crippen molar-refractivity contribution in [1.82, 2.24) is 0 Å². The van der Waals surface area contributed by atoms with Crippen molar-refractivity contribution >= 4 is 0 Å². The summed E-state index contributed by atoms with van der Waals surface area (Å²) in [4.78, 5) is 0. The standard InChI is InChI=1S/C10H10O/c11-10-8-5-9(10)7-4-2-1-3-6(7)8/h1-4,8-11H,5H2/t8-,9+,10?. The Balaban J connectivity index is 2.22. The molecule has 1 aromatic rings. The molecule has 0 amide bonds. The third-order valence-electron chi connectivity index (χ3n) is 3.13. The highest BCUT2D eigenvalue weighted by atomic mass is 16.3. The molecule has 0 aromatic heterocycles. The van der Waals surface area contributed by atoms with Gasteiger partial charge >= 0.3 is 0 Å². The van der Waals surface area contributed by atoms with Crippen LogP contribution in [-0.4, -0.2) is 11.2 Å². The monoisotopic (exact) mass is 146 g/mol. The molecule has 1 saturated carbocycles. The van der Waals surface area contributed by atoms with Crippen LogP contribution in [0.2, 0.25) is 0 Å². The fourth-order valence-corrected chi connectivity index (χ4v) is 2.45. The summed E-state index contributed by atoms with van der Waals surface area (Å²) < 4.78 is 0. The fraction of sp³-hybridized carbons (Fsp3) is 0.400. The third-order valence-corrected chi connectivity index (χ3v) is 3.13. The van der Waals surface area contributed by atoms with Crippen molar-refractivity contribution in [3.8, 4) is 0 Å². The van der Waals surface area contributed by atoms with E-state index in [0.717, 1.165) is 0 Å². The first kappa shape index (κ1) is 5.78. The Morgan fingerprint density at radius 1 is 1.09 bits per heavy atom. The number of hydrogen-bond donors (Lipinski definition) is 1. The lowest BCUT2D eigenvalue weighted by Crippen LogP contribution is -2.29. The Morgan fingerprint density at radius 3 is 2.09 bits per heavy atom. The van der Waals surface area contributed by atoms with Gasteiger partial charge in [-0.3, -0.25) is 0 Å². The van der Waals surface area contributed by atoms with Gasteiger partial charge in [-0.2, -0.15) is 0 Å². The van der Waals surface area contributed by atoms with Gasteiger partial charge in [-0.15, -0.1) is 0 Å². The van der Waals surface area contributed by atoms with Gasteiger partial charge in [0.25, 0.3) is 0 Å². The van der Waals surface area contributed by atoms with E-state index in [2.05, 4.69) is 24.3 Å². The Hall–Kier alpha value is -0.820. The van der Waals surface area contributed by atoms with Crippen LogP contribution >= 0.6 is 0 Å². The van der Waals surface area contributed by atoms with Gasteiger partial charge in [0.2, 0.25) is 0 Å². The topological polar surface area (TPSA) is 20.2 Å². The average Bonchev–Trinajstić information content (AvgIpc) is 2.54. The highest BCUT2D eigenvalue weighted by molar-refractivity contribution is 5.46. The van der Waals surface area contributed by atoms with Gasteiger partial charge in [-0.1, -0.05) is 24.3 Å². The maximum atomic E-state index is 9.57. The van der Waals surface area contributed by atoms with Crippen molar-refractivity contribution in [3.05, 3.63) is 35.4 Å². The van der Waals surface area contributed by atoms with Crippen molar-refractivity contribution in [2.45, 2.75) is 24.4 Å². The number of benzene rings is 1. The molecule has 3 aliphatic rings. The molecule has 1 fully saturated rings. The van der Waals surface area contributed by atoms with Gasteiger partial charge in [0.1, 0.15) is 0 Å².